The molecule has 3 aromatic rings. The zero-order valence-electron chi connectivity index (χ0n) is 19.7. The number of hydrogen-bond donors (Lipinski definition) is 0. The number of aryl methyl sites for hydroxylation is 2. The van der Waals surface area contributed by atoms with Gasteiger partial charge in [0.2, 0.25) is 0 Å². The molecule has 2 aromatic carbocycles. The molecule has 0 N–H and O–H groups in total. The third-order valence-electron chi connectivity index (χ3n) is 6.82. The molecule has 0 saturated carbocycles. The third kappa shape index (κ3) is 5.69. The van der Waals surface area contributed by atoms with Gasteiger partial charge in [-0.25, -0.2) is 4.39 Å². The van der Waals surface area contributed by atoms with Crippen molar-refractivity contribution in [2.75, 3.05) is 20.1 Å². The van der Waals surface area contributed by atoms with Gasteiger partial charge in [-0.2, -0.15) is 5.10 Å². The molecule has 1 saturated heterocycles. The van der Waals surface area contributed by atoms with Gasteiger partial charge in [0.15, 0.2) is 0 Å². The average Bonchev–Trinajstić information content (AvgIpc) is 3.17. The minimum atomic E-state index is -0.197. The molecule has 33 heavy (non-hydrogen) atoms. The second-order valence-electron chi connectivity index (χ2n) is 9.21. The van der Waals surface area contributed by atoms with Gasteiger partial charge in [-0.15, -0.1) is 0 Å². The summed E-state index contributed by atoms with van der Waals surface area (Å²) in [5, 5.41) is 4.36. The number of hydrogen-bond acceptors (Lipinski definition) is 3. The molecule has 6 heteroatoms. The van der Waals surface area contributed by atoms with E-state index in [0.717, 1.165) is 50.2 Å². The van der Waals surface area contributed by atoms with Crippen LogP contribution in [0.15, 0.2) is 60.7 Å². The van der Waals surface area contributed by atoms with E-state index in [2.05, 4.69) is 34.3 Å². The number of carbonyl (C=O) groups excluding carboxylic acids is 1. The summed E-state index contributed by atoms with van der Waals surface area (Å²) < 4.78 is 14.9. The Morgan fingerprint density at radius 1 is 1.09 bits per heavy atom. The quantitative estimate of drug-likeness (QED) is 0.536. The maximum Gasteiger partial charge on any atom is 0.272 e. The lowest BCUT2D eigenvalue weighted by atomic mass is 9.84. The SMILES string of the molecule is Cc1cc(C(=O)N(C)[C@H](Cc2ccccc2)C2CCN(Cc3ccc(F)cc3)CC2)n(C)n1. The summed E-state index contributed by atoms with van der Waals surface area (Å²) in [6.45, 7) is 4.69. The Hall–Kier alpha value is -2.99. The minimum absolute atomic E-state index is 0.0211. The monoisotopic (exact) mass is 448 g/mol. The summed E-state index contributed by atoms with van der Waals surface area (Å²) in [6.07, 6.45) is 2.89. The molecule has 1 aliphatic heterocycles. The van der Waals surface area contributed by atoms with Gasteiger partial charge in [0.05, 0.1) is 5.69 Å². The van der Waals surface area contributed by atoms with Crippen LogP contribution in [0.1, 0.15) is 40.2 Å². The molecule has 174 valence electrons. The number of likely N-dealkylation sites (N-methyl/N-ethyl adjacent to an activating group) is 1. The zero-order chi connectivity index (χ0) is 23.4. The van der Waals surface area contributed by atoms with Gasteiger partial charge in [0.25, 0.3) is 5.91 Å². The highest BCUT2D eigenvalue weighted by molar-refractivity contribution is 5.92. The predicted molar refractivity (Wildman–Crippen MR) is 128 cm³/mol. The first kappa shape index (κ1) is 23.2. The van der Waals surface area contributed by atoms with Crippen molar-refractivity contribution in [1.82, 2.24) is 19.6 Å². The minimum Gasteiger partial charge on any atom is -0.337 e. The van der Waals surface area contributed by atoms with E-state index >= 15 is 0 Å². The summed E-state index contributed by atoms with van der Waals surface area (Å²) in [4.78, 5) is 17.8. The van der Waals surface area contributed by atoms with Crippen molar-refractivity contribution >= 4 is 5.91 Å². The lowest BCUT2D eigenvalue weighted by molar-refractivity contribution is 0.0575. The van der Waals surface area contributed by atoms with Gasteiger partial charge in [-0.05, 0) is 74.5 Å². The first-order chi connectivity index (χ1) is 15.9. The summed E-state index contributed by atoms with van der Waals surface area (Å²) in [6, 6.07) is 19.2. The van der Waals surface area contributed by atoms with Crippen LogP contribution in [0, 0.1) is 18.7 Å². The van der Waals surface area contributed by atoms with Crippen molar-refractivity contribution in [2.45, 2.75) is 38.8 Å². The number of rotatable bonds is 7. The first-order valence-corrected chi connectivity index (χ1v) is 11.7. The Morgan fingerprint density at radius 3 is 2.36 bits per heavy atom. The van der Waals surface area contributed by atoms with Crippen molar-refractivity contribution < 1.29 is 9.18 Å². The van der Waals surface area contributed by atoms with Crippen molar-refractivity contribution in [3.05, 3.63) is 89.0 Å². The Labute approximate surface area is 195 Å². The van der Waals surface area contributed by atoms with E-state index in [9.17, 15) is 9.18 Å². The number of amides is 1. The van der Waals surface area contributed by atoms with Crippen LogP contribution < -0.4 is 0 Å². The maximum absolute atomic E-state index is 13.4. The molecule has 1 aromatic heterocycles. The summed E-state index contributed by atoms with van der Waals surface area (Å²) in [5.41, 5.74) is 3.86. The zero-order valence-corrected chi connectivity index (χ0v) is 19.7. The molecule has 2 heterocycles. The largest absolute Gasteiger partial charge is 0.337 e. The summed E-state index contributed by atoms with van der Waals surface area (Å²) >= 11 is 0. The van der Waals surface area contributed by atoms with Crippen molar-refractivity contribution in [1.29, 1.82) is 0 Å². The first-order valence-electron chi connectivity index (χ1n) is 11.7. The van der Waals surface area contributed by atoms with Crippen LogP contribution in [0.3, 0.4) is 0 Å². The molecule has 0 spiro atoms. The molecule has 1 amide bonds. The number of aromatic nitrogens is 2. The molecular formula is C27H33FN4O. The molecule has 0 bridgehead atoms. The highest BCUT2D eigenvalue weighted by Crippen LogP contribution is 2.28. The van der Waals surface area contributed by atoms with Crippen LogP contribution in [0.4, 0.5) is 4.39 Å². The number of benzene rings is 2. The van der Waals surface area contributed by atoms with Crippen molar-refractivity contribution in [3.8, 4) is 0 Å². The van der Waals surface area contributed by atoms with Gasteiger partial charge in [-0.1, -0.05) is 42.5 Å². The van der Waals surface area contributed by atoms with E-state index in [0.29, 0.717) is 11.6 Å². The Balaban J connectivity index is 1.47. The molecule has 1 aliphatic rings. The molecular weight excluding hydrogens is 415 g/mol. The average molecular weight is 449 g/mol. The van der Waals surface area contributed by atoms with E-state index in [1.807, 2.05) is 50.2 Å². The molecule has 1 atom stereocenters. The van der Waals surface area contributed by atoms with Gasteiger partial charge in [0, 0.05) is 26.7 Å². The number of nitrogens with zero attached hydrogens (tertiary/aromatic N) is 4. The molecule has 1 fully saturated rings. The summed E-state index contributed by atoms with van der Waals surface area (Å²) in [5.74, 6) is 0.239. The highest BCUT2D eigenvalue weighted by atomic mass is 19.1. The molecule has 0 unspecified atom stereocenters. The fourth-order valence-corrected chi connectivity index (χ4v) is 4.96. The number of halogens is 1. The maximum atomic E-state index is 13.4. The Morgan fingerprint density at radius 2 is 1.76 bits per heavy atom. The Kier molecular flexibility index (Phi) is 7.23. The topological polar surface area (TPSA) is 41.4 Å². The second-order valence-corrected chi connectivity index (χ2v) is 9.21. The molecule has 0 aliphatic carbocycles. The van der Waals surface area contributed by atoms with Crippen LogP contribution in [-0.2, 0) is 20.0 Å². The molecule has 4 rings (SSSR count). The van der Waals surface area contributed by atoms with Crippen molar-refractivity contribution in [2.24, 2.45) is 13.0 Å². The summed E-state index contributed by atoms with van der Waals surface area (Å²) in [7, 11) is 3.76. The number of likely N-dealkylation sites (tertiary alicyclic amines) is 1. The Bertz CT molecular complexity index is 1060. The van der Waals surface area contributed by atoms with Crippen LogP contribution in [-0.4, -0.2) is 51.7 Å². The van der Waals surface area contributed by atoms with Gasteiger partial charge < -0.3 is 4.90 Å². The third-order valence-corrected chi connectivity index (χ3v) is 6.82. The van der Waals surface area contributed by atoms with E-state index in [4.69, 9.17) is 0 Å². The fourth-order valence-electron chi connectivity index (χ4n) is 4.96. The van der Waals surface area contributed by atoms with Gasteiger partial charge >= 0.3 is 0 Å². The van der Waals surface area contributed by atoms with Crippen molar-refractivity contribution in [3.63, 3.8) is 0 Å². The van der Waals surface area contributed by atoms with Gasteiger partial charge in [-0.3, -0.25) is 14.4 Å². The number of carbonyl (C=O) groups is 1. The van der Waals surface area contributed by atoms with Crippen LogP contribution in [0.5, 0.6) is 0 Å². The lowest BCUT2D eigenvalue weighted by Gasteiger charge is -2.40. The second kappa shape index (κ2) is 10.3. The van der Waals surface area contributed by atoms with E-state index in [-0.39, 0.29) is 17.8 Å². The number of piperidine rings is 1. The highest BCUT2D eigenvalue weighted by Gasteiger charge is 2.32. The van der Waals surface area contributed by atoms with Crippen LogP contribution >= 0.6 is 0 Å². The van der Waals surface area contributed by atoms with Crippen LogP contribution in [0.25, 0.3) is 0 Å². The lowest BCUT2D eigenvalue weighted by Crippen LogP contribution is -2.47. The van der Waals surface area contributed by atoms with E-state index in [1.54, 1.807) is 4.68 Å². The molecule has 5 nitrogen and oxygen atoms in total. The van der Waals surface area contributed by atoms with E-state index in [1.165, 1.54) is 17.7 Å². The van der Waals surface area contributed by atoms with E-state index < -0.39 is 0 Å². The van der Waals surface area contributed by atoms with Crippen LogP contribution in [0.2, 0.25) is 0 Å². The smallest absolute Gasteiger partial charge is 0.272 e. The fraction of sp³-hybridized carbons (Fsp3) is 0.407. The molecule has 0 radical (unpaired) electrons. The normalized spacial score (nSPS) is 16.0. The predicted octanol–water partition coefficient (Wildman–Crippen LogP) is 4.46. The standard InChI is InChI=1S/C27H33FN4O/c1-20-17-26(31(3)29-20)27(33)30(2)25(18-21-7-5-4-6-8-21)23-13-15-32(16-14-23)19-22-9-11-24(28)12-10-22/h4-12,17,23,25H,13-16,18-19H2,1-3H3/t25-/m1/s1. The van der Waals surface area contributed by atoms with Gasteiger partial charge in [0.1, 0.15) is 11.5 Å².